The topological polar surface area (TPSA) is 53.9 Å². The molecule has 0 radical (unpaired) electrons. The maximum Gasteiger partial charge on any atom is 0.285 e. The number of nitrogens with one attached hydrogen (secondary N) is 2. The highest BCUT2D eigenvalue weighted by atomic mass is 19.1. The van der Waals surface area contributed by atoms with E-state index in [-0.39, 0.29) is 30.2 Å². The lowest BCUT2D eigenvalue weighted by molar-refractivity contribution is -0.938. The first-order valence-electron chi connectivity index (χ1n) is 9.33. The molecule has 1 heterocycles. The van der Waals surface area contributed by atoms with Gasteiger partial charge in [-0.2, -0.15) is 0 Å². The van der Waals surface area contributed by atoms with E-state index in [1.54, 1.807) is 23.1 Å². The largest absolute Gasteiger partial charge is 0.323 e. The molecular weight excluding hydrogens is 345 g/mol. The van der Waals surface area contributed by atoms with Crippen molar-refractivity contribution < 1.29 is 18.9 Å². The predicted octanol–water partition coefficient (Wildman–Crippen LogP) is 1.75. The molecule has 1 aliphatic carbocycles. The van der Waals surface area contributed by atoms with Crippen LogP contribution in [0.4, 0.5) is 15.8 Å². The van der Waals surface area contributed by atoms with Crippen molar-refractivity contribution in [2.24, 2.45) is 0 Å². The summed E-state index contributed by atoms with van der Waals surface area (Å²) in [7, 11) is 0. The molecule has 27 heavy (non-hydrogen) atoms. The van der Waals surface area contributed by atoms with Gasteiger partial charge in [0.2, 0.25) is 5.91 Å². The summed E-state index contributed by atoms with van der Waals surface area (Å²) in [6.45, 7) is 2.63. The van der Waals surface area contributed by atoms with E-state index >= 15 is 0 Å². The molecule has 2 aromatic carbocycles. The molecule has 1 saturated carbocycles. The van der Waals surface area contributed by atoms with Crippen molar-refractivity contribution in [3.8, 4) is 0 Å². The van der Waals surface area contributed by atoms with E-state index in [9.17, 15) is 14.0 Å². The molecule has 0 bridgehead atoms. The van der Waals surface area contributed by atoms with Crippen LogP contribution in [0.1, 0.15) is 25.3 Å². The lowest BCUT2D eigenvalue weighted by Gasteiger charge is -2.33. The van der Waals surface area contributed by atoms with E-state index in [1.165, 1.54) is 17.0 Å². The molecule has 0 saturated heterocycles. The molecule has 4 rings (SSSR count). The summed E-state index contributed by atoms with van der Waals surface area (Å²) >= 11 is 0. The minimum atomic E-state index is -0.290. The third-order valence-corrected chi connectivity index (χ3v) is 5.39. The van der Waals surface area contributed by atoms with Crippen LogP contribution in [0, 0.1) is 5.82 Å². The van der Waals surface area contributed by atoms with Crippen LogP contribution in [-0.4, -0.2) is 30.4 Å². The first-order valence-corrected chi connectivity index (χ1v) is 9.33. The average Bonchev–Trinajstić information content (AvgIpc) is 3.51. The van der Waals surface area contributed by atoms with E-state index < -0.39 is 0 Å². The zero-order chi connectivity index (χ0) is 19.0. The Morgan fingerprint density at radius 1 is 1.22 bits per heavy atom. The fourth-order valence-electron chi connectivity index (χ4n) is 3.77. The number of nitrogens with zero attached hydrogens (tertiary/aromatic N) is 1. The molecule has 5 nitrogen and oxygen atoms in total. The van der Waals surface area contributed by atoms with Gasteiger partial charge in [-0.15, -0.1) is 0 Å². The smallest absolute Gasteiger partial charge is 0.285 e. The summed E-state index contributed by atoms with van der Waals surface area (Å²) in [4.78, 5) is 28.1. The Morgan fingerprint density at radius 2 is 1.93 bits per heavy atom. The molecule has 2 atom stereocenters. The molecule has 2 amide bonds. The van der Waals surface area contributed by atoms with E-state index in [1.807, 2.05) is 25.1 Å². The second-order valence-electron chi connectivity index (χ2n) is 7.36. The monoisotopic (exact) mass is 368 g/mol. The molecule has 0 aromatic heterocycles. The number of amides is 2. The molecule has 6 heteroatoms. The molecule has 140 valence electrons. The molecule has 2 aromatic rings. The Labute approximate surface area is 157 Å². The van der Waals surface area contributed by atoms with Crippen molar-refractivity contribution in [2.45, 2.75) is 38.4 Å². The fourth-order valence-corrected chi connectivity index (χ4v) is 3.77. The Kier molecular flexibility index (Phi) is 4.66. The molecule has 1 fully saturated rings. The SMILES string of the molecule is C[C@@H](C(=O)N1CC(=O)Nc2ccccc21)[NH+](Cc1ccc(F)cc1)C1CC1. The summed E-state index contributed by atoms with van der Waals surface area (Å²) in [6.07, 6.45) is 2.18. The molecule has 1 aliphatic heterocycles. The van der Waals surface area contributed by atoms with Crippen molar-refractivity contribution in [1.29, 1.82) is 0 Å². The predicted molar refractivity (Wildman–Crippen MR) is 101 cm³/mol. The molecule has 2 N–H and O–H groups in total. The highest BCUT2D eigenvalue weighted by Crippen LogP contribution is 2.29. The number of anilines is 2. The quantitative estimate of drug-likeness (QED) is 0.845. The minimum Gasteiger partial charge on any atom is -0.323 e. The standard InChI is InChI=1S/C21H22FN3O2/c1-14(24(17-10-11-17)12-15-6-8-16(22)9-7-15)21(27)25-13-20(26)23-18-4-2-3-5-19(18)25/h2-9,14,17H,10-13H2,1H3,(H,23,26)/p+1/t14-/m0/s1. The second-order valence-corrected chi connectivity index (χ2v) is 7.36. The van der Waals surface area contributed by atoms with E-state index in [0.717, 1.165) is 24.1 Å². The zero-order valence-electron chi connectivity index (χ0n) is 15.2. The van der Waals surface area contributed by atoms with Gasteiger partial charge < -0.3 is 10.2 Å². The summed E-state index contributed by atoms with van der Waals surface area (Å²) in [5, 5.41) is 2.82. The van der Waals surface area contributed by atoms with E-state index in [0.29, 0.717) is 18.3 Å². The number of rotatable bonds is 5. The van der Waals surface area contributed by atoms with Gasteiger partial charge in [0.25, 0.3) is 5.91 Å². The fraction of sp³-hybridized carbons (Fsp3) is 0.333. The zero-order valence-corrected chi connectivity index (χ0v) is 15.2. The maximum atomic E-state index is 13.3. The lowest BCUT2D eigenvalue weighted by Crippen LogP contribution is -3.16. The first-order chi connectivity index (χ1) is 13.0. The van der Waals surface area contributed by atoms with Gasteiger partial charge in [0.15, 0.2) is 6.04 Å². The summed E-state index contributed by atoms with van der Waals surface area (Å²) in [6, 6.07) is 14.0. The van der Waals surface area contributed by atoms with Crippen LogP contribution in [0.2, 0.25) is 0 Å². The van der Waals surface area contributed by atoms with Crippen LogP contribution in [0.5, 0.6) is 0 Å². The van der Waals surface area contributed by atoms with Crippen LogP contribution in [0.25, 0.3) is 0 Å². The van der Waals surface area contributed by atoms with Gasteiger partial charge in [0.05, 0.1) is 17.4 Å². The molecule has 0 spiro atoms. The molecule has 1 unspecified atom stereocenters. The van der Waals surface area contributed by atoms with Gasteiger partial charge >= 0.3 is 0 Å². The summed E-state index contributed by atoms with van der Waals surface area (Å²) in [5.41, 5.74) is 2.42. The number of hydrogen-bond acceptors (Lipinski definition) is 2. The van der Waals surface area contributed by atoms with Crippen LogP contribution in [0.3, 0.4) is 0 Å². The van der Waals surface area contributed by atoms with Crippen LogP contribution in [0.15, 0.2) is 48.5 Å². The van der Waals surface area contributed by atoms with Crippen molar-refractivity contribution in [3.05, 3.63) is 59.9 Å². The van der Waals surface area contributed by atoms with E-state index in [4.69, 9.17) is 0 Å². The number of hydrogen-bond donors (Lipinski definition) is 2. The Morgan fingerprint density at radius 3 is 2.63 bits per heavy atom. The summed E-state index contributed by atoms with van der Waals surface area (Å²) in [5.74, 6) is -0.492. The number of carbonyl (C=O) groups is 2. The van der Waals surface area contributed by atoms with Crippen LogP contribution in [-0.2, 0) is 16.1 Å². The minimum absolute atomic E-state index is 0.0364. The van der Waals surface area contributed by atoms with Gasteiger partial charge in [-0.1, -0.05) is 24.3 Å². The summed E-state index contributed by atoms with van der Waals surface area (Å²) < 4.78 is 13.2. The number of para-hydroxylation sites is 2. The number of carbonyl (C=O) groups excluding carboxylic acids is 2. The van der Waals surface area contributed by atoms with Gasteiger partial charge in [0, 0.05) is 18.4 Å². The van der Waals surface area contributed by atoms with Crippen molar-refractivity contribution >= 4 is 23.2 Å². The van der Waals surface area contributed by atoms with Crippen molar-refractivity contribution in [2.75, 3.05) is 16.8 Å². The number of fused-ring (bicyclic) bond motifs is 1. The van der Waals surface area contributed by atoms with Gasteiger partial charge in [-0.05, 0) is 31.2 Å². The van der Waals surface area contributed by atoms with Gasteiger partial charge in [0.1, 0.15) is 18.9 Å². The average molecular weight is 368 g/mol. The molecular formula is C21H23FN3O2+. The number of quaternary nitrogens is 1. The maximum absolute atomic E-state index is 13.3. The highest BCUT2D eigenvalue weighted by molar-refractivity contribution is 6.10. The highest BCUT2D eigenvalue weighted by Gasteiger charge is 2.42. The Balaban J connectivity index is 1.56. The van der Waals surface area contributed by atoms with Crippen LogP contribution >= 0.6 is 0 Å². The van der Waals surface area contributed by atoms with Crippen molar-refractivity contribution in [1.82, 2.24) is 0 Å². The van der Waals surface area contributed by atoms with Crippen molar-refractivity contribution in [3.63, 3.8) is 0 Å². The van der Waals surface area contributed by atoms with E-state index in [2.05, 4.69) is 5.32 Å². The Bertz CT molecular complexity index is 864. The first kappa shape index (κ1) is 17.7. The second kappa shape index (κ2) is 7.12. The van der Waals surface area contributed by atoms with Gasteiger partial charge in [-0.3, -0.25) is 14.5 Å². The number of benzene rings is 2. The normalized spacial score (nSPS) is 18.4. The third-order valence-electron chi connectivity index (χ3n) is 5.39. The molecule has 2 aliphatic rings. The Hall–Kier alpha value is -2.73. The van der Waals surface area contributed by atoms with Crippen LogP contribution < -0.4 is 15.1 Å². The van der Waals surface area contributed by atoms with Gasteiger partial charge in [-0.25, -0.2) is 4.39 Å². The number of halogens is 1. The third kappa shape index (κ3) is 3.71. The lowest BCUT2D eigenvalue weighted by atomic mass is 10.1.